The van der Waals surface area contributed by atoms with E-state index < -0.39 is 0 Å². The second-order valence-corrected chi connectivity index (χ2v) is 4.01. The van der Waals surface area contributed by atoms with Crippen molar-refractivity contribution in [3.63, 3.8) is 0 Å². The van der Waals surface area contributed by atoms with E-state index in [1.807, 2.05) is 11.8 Å². The molecule has 2 rings (SSSR count). The number of thioether (sulfide) groups is 1. The topological polar surface area (TPSA) is 51.0 Å². The van der Waals surface area contributed by atoms with Gasteiger partial charge in [-0.25, -0.2) is 0 Å². The highest BCUT2D eigenvalue weighted by Gasteiger charge is 2.22. The number of hydrogen-bond donors (Lipinski definition) is 1. The van der Waals surface area contributed by atoms with Gasteiger partial charge in [-0.15, -0.1) is 16.9 Å². The van der Waals surface area contributed by atoms with Crippen LogP contribution in [0, 0.1) is 0 Å². The average molecular weight is 185 g/mol. The number of anilines is 1. The van der Waals surface area contributed by atoms with Gasteiger partial charge >= 0.3 is 6.01 Å². The summed E-state index contributed by atoms with van der Waals surface area (Å²) in [5.74, 6) is 1.98. The zero-order valence-corrected chi connectivity index (χ0v) is 7.73. The first-order valence-electron chi connectivity index (χ1n) is 4.03. The summed E-state index contributed by atoms with van der Waals surface area (Å²) in [6.07, 6.45) is 2.42. The van der Waals surface area contributed by atoms with Crippen LogP contribution in [0.5, 0.6) is 0 Å². The number of hydrogen-bond acceptors (Lipinski definition) is 5. The Hall–Kier alpha value is -0.710. The maximum absolute atomic E-state index is 5.36. The quantitative estimate of drug-likeness (QED) is 0.759. The van der Waals surface area contributed by atoms with E-state index >= 15 is 0 Å². The Bertz CT molecular complexity index is 257. The van der Waals surface area contributed by atoms with Crippen molar-refractivity contribution in [3.05, 3.63) is 5.89 Å². The first-order chi connectivity index (χ1) is 5.90. The molecule has 1 aromatic rings. The Labute approximate surface area is 75.1 Å². The Kier molecular flexibility index (Phi) is 2.21. The van der Waals surface area contributed by atoms with Crippen molar-refractivity contribution < 1.29 is 4.42 Å². The largest absolute Gasteiger partial charge is 0.407 e. The van der Waals surface area contributed by atoms with Crippen LogP contribution in [0.1, 0.15) is 24.0 Å². The number of nitrogens with zero attached hydrogens (tertiary/aromatic N) is 2. The SMILES string of the molecule is CNc1nnc(C2CCCS2)o1. The Morgan fingerprint density at radius 1 is 1.58 bits per heavy atom. The molecule has 4 nitrogen and oxygen atoms in total. The van der Waals surface area contributed by atoms with Gasteiger partial charge in [0.25, 0.3) is 0 Å². The van der Waals surface area contributed by atoms with Gasteiger partial charge in [0, 0.05) is 7.05 Å². The molecule has 66 valence electrons. The fourth-order valence-corrected chi connectivity index (χ4v) is 2.43. The summed E-state index contributed by atoms with van der Waals surface area (Å²) < 4.78 is 5.36. The summed E-state index contributed by atoms with van der Waals surface area (Å²) in [5, 5.41) is 11.1. The van der Waals surface area contributed by atoms with Gasteiger partial charge in [0.2, 0.25) is 5.89 Å². The van der Waals surface area contributed by atoms with E-state index in [0.29, 0.717) is 11.3 Å². The van der Waals surface area contributed by atoms with Crippen LogP contribution in [0.2, 0.25) is 0 Å². The third-order valence-electron chi connectivity index (χ3n) is 1.86. The molecule has 0 aromatic carbocycles. The maximum atomic E-state index is 5.36. The molecule has 0 saturated carbocycles. The van der Waals surface area contributed by atoms with Crippen LogP contribution >= 0.6 is 11.8 Å². The first kappa shape index (κ1) is 7.91. The summed E-state index contributed by atoms with van der Waals surface area (Å²) in [6, 6.07) is 0.512. The smallest absolute Gasteiger partial charge is 0.315 e. The van der Waals surface area contributed by atoms with Gasteiger partial charge in [-0.2, -0.15) is 0 Å². The van der Waals surface area contributed by atoms with Crippen LogP contribution in [-0.2, 0) is 0 Å². The van der Waals surface area contributed by atoms with E-state index in [2.05, 4.69) is 15.5 Å². The van der Waals surface area contributed by atoms with Gasteiger partial charge in [-0.3, -0.25) is 0 Å². The van der Waals surface area contributed by atoms with Crippen molar-refractivity contribution in [2.75, 3.05) is 18.1 Å². The molecule has 5 heteroatoms. The monoisotopic (exact) mass is 185 g/mol. The van der Waals surface area contributed by atoms with Gasteiger partial charge in [0.1, 0.15) is 0 Å². The minimum absolute atomic E-state index is 0.430. The summed E-state index contributed by atoms with van der Waals surface area (Å²) >= 11 is 1.90. The average Bonchev–Trinajstić information content (AvgIpc) is 2.75. The molecule has 0 spiro atoms. The van der Waals surface area contributed by atoms with E-state index in [4.69, 9.17) is 4.42 Å². The molecule has 1 fully saturated rings. The lowest BCUT2D eigenvalue weighted by atomic mass is 10.2. The summed E-state index contributed by atoms with van der Waals surface area (Å²) in [5.41, 5.74) is 0. The van der Waals surface area contributed by atoms with Crippen LogP contribution in [0.15, 0.2) is 4.42 Å². The van der Waals surface area contributed by atoms with Crippen LogP contribution in [0.25, 0.3) is 0 Å². The third kappa shape index (κ3) is 1.41. The molecule has 0 amide bonds. The molecule has 1 aromatic heterocycles. The van der Waals surface area contributed by atoms with E-state index in [9.17, 15) is 0 Å². The maximum Gasteiger partial charge on any atom is 0.315 e. The second kappa shape index (κ2) is 3.35. The van der Waals surface area contributed by atoms with E-state index in [0.717, 1.165) is 12.3 Å². The van der Waals surface area contributed by atoms with Crippen LogP contribution in [-0.4, -0.2) is 23.0 Å². The van der Waals surface area contributed by atoms with E-state index in [-0.39, 0.29) is 0 Å². The highest BCUT2D eigenvalue weighted by atomic mass is 32.2. The molecule has 2 heterocycles. The predicted molar refractivity (Wildman–Crippen MR) is 48.3 cm³/mol. The first-order valence-corrected chi connectivity index (χ1v) is 5.08. The standard InChI is InChI=1S/C7H11N3OS/c1-8-7-10-9-6(11-7)5-3-2-4-12-5/h5H,2-4H2,1H3,(H,8,10). The lowest BCUT2D eigenvalue weighted by Crippen LogP contribution is -1.87. The molecule has 1 aliphatic rings. The van der Waals surface area contributed by atoms with Crippen LogP contribution in [0.3, 0.4) is 0 Å². The third-order valence-corrected chi connectivity index (χ3v) is 3.22. The molecule has 12 heavy (non-hydrogen) atoms. The molecule has 1 unspecified atom stereocenters. The number of nitrogens with one attached hydrogen (secondary N) is 1. The summed E-state index contributed by atoms with van der Waals surface area (Å²) in [4.78, 5) is 0. The van der Waals surface area contributed by atoms with Crippen LogP contribution in [0.4, 0.5) is 6.01 Å². The molecule has 0 bridgehead atoms. The van der Waals surface area contributed by atoms with Gasteiger partial charge in [0.05, 0.1) is 5.25 Å². The zero-order valence-electron chi connectivity index (χ0n) is 6.91. The molecule has 1 aliphatic heterocycles. The van der Waals surface area contributed by atoms with Crippen molar-refractivity contribution in [2.45, 2.75) is 18.1 Å². The fourth-order valence-electron chi connectivity index (χ4n) is 1.24. The van der Waals surface area contributed by atoms with E-state index in [1.165, 1.54) is 12.2 Å². The minimum atomic E-state index is 0.430. The molecule has 1 atom stereocenters. The van der Waals surface area contributed by atoms with Gasteiger partial charge in [-0.1, -0.05) is 5.10 Å². The van der Waals surface area contributed by atoms with Crippen molar-refractivity contribution in [1.29, 1.82) is 0 Å². The number of aromatic nitrogens is 2. The van der Waals surface area contributed by atoms with Crippen molar-refractivity contribution in [3.8, 4) is 0 Å². The van der Waals surface area contributed by atoms with Crippen molar-refractivity contribution in [1.82, 2.24) is 10.2 Å². The predicted octanol–water partition coefficient (Wildman–Crippen LogP) is 1.68. The highest BCUT2D eigenvalue weighted by Crippen LogP contribution is 2.39. The molecule has 0 aliphatic carbocycles. The molecular formula is C7H11N3OS. The van der Waals surface area contributed by atoms with E-state index in [1.54, 1.807) is 7.05 Å². The Morgan fingerprint density at radius 2 is 2.50 bits per heavy atom. The normalized spacial score (nSPS) is 22.9. The summed E-state index contributed by atoms with van der Waals surface area (Å²) in [7, 11) is 1.78. The summed E-state index contributed by atoms with van der Waals surface area (Å²) in [6.45, 7) is 0. The molecule has 1 N–H and O–H groups in total. The number of rotatable bonds is 2. The minimum Gasteiger partial charge on any atom is -0.407 e. The lowest BCUT2D eigenvalue weighted by Gasteiger charge is -1.99. The molecule has 1 saturated heterocycles. The van der Waals surface area contributed by atoms with Crippen molar-refractivity contribution in [2.24, 2.45) is 0 Å². The highest BCUT2D eigenvalue weighted by molar-refractivity contribution is 7.99. The van der Waals surface area contributed by atoms with Crippen LogP contribution < -0.4 is 5.32 Å². The van der Waals surface area contributed by atoms with Crippen molar-refractivity contribution >= 4 is 17.8 Å². The second-order valence-electron chi connectivity index (χ2n) is 2.70. The molecular weight excluding hydrogens is 174 g/mol. The van der Waals surface area contributed by atoms with Gasteiger partial charge < -0.3 is 9.73 Å². The molecule has 0 radical (unpaired) electrons. The zero-order chi connectivity index (χ0) is 8.39. The van der Waals surface area contributed by atoms with Gasteiger partial charge in [-0.05, 0) is 18.6 Å². The lowest BCUT2D eigenvalue weighted by molar-refractivity contribution is 0.498. The van der Waals surface area contributed by atoms with Gasteiger partial charge in [0.15, 0.2) is 0 Å². The Morgan fingerprint density at radius 3 is 3.08 bits per heavy atom. The Balaban J connectivity index is 2.11. The fraction of sp³-hybridized carbons (Fsp3) is 0.714.